The highest BCUT2D eigenvalue weighted by Crippen LogP contribution is 2.04. The van der Waals surface area contributed by atoms with Crippen LogP contribution in [0.1, 0.15) is 23.2 Å². The van der Waals surface area contributed by atoms with Crippen LogP contribution in [-0.2, 0) is 9.59 Å². The smallest absolute Gasteiger partial charge is 0.257 e. The van der Waals surface area contributed by atoms with Gasteiger partial charge in [-0.15, -0.1) is 0 Å². The lowest BCUT2D eigenvalue weighted by Gasteiger charge is -2.21. The summed E-state index contributed by atoms with van der Waals surface area (Å²) in [5, 5.41) is 4.55. The average Bonchev–Trinajstić information content (AvgIpc) is 2.33. The standard InChI is InChI=1S/C11H11N3O4/c15-8-3-4-12-5-6(8)10(17)13-7-1-2-9(16)14-11(7)18/h3-5,7H,1-2H2,(H,12,15)(H,13,17)(H,14,16,18). The molecule has 0 radical (unpaired) electrons. The van der Waals surface area contributed by atoms with Crippen LogP contribution in [0.5, 0.6) is 0 Å². The molecule has 0 aliphatic carbocycles. The van der Waals surface area contributed by atoms with E-state index in [1.165, 1.54) is 18.5 Å². The molecule has 0 saturated carbocycles. The van der Waals surface area contributed by atoms with Gasteiger partial charge in [0.15, 0.2) is 5.43 Å². The van der Waals surface area contributed by atoms with E-state index in [4.69, 9.17) is 0 Å². The molecule has 1 unspecified atom stereocenters. The Labute approximate surface area is 102 Å². The second-order valence-electron chi connectivity index (χ2n) is 3.90. The lowest BCUT2D eigenvalue weighted by Crippen LogP contribution is -2.52. The summed E-state index contributed by atoms with van der Waals surface area (Å²) in [6.07, 6.45) is 3.08. The quantitative estimate of drug-likeness (QED) is 0.579. The first kappa shape index (κ1) is 12.0. The number of rotatable bonds is 2. The fourth-order valence-electron chi connectivity index (χ4n) is 1.66. The third kappa shape index (κ3) is 2.45. The first-order valence-electron chi connectivity index (χ1n) is 5.39. The van der Waals surface area contributed by atoms with E-state index in [-0.39, 0.29) is 24.3 Å². The Morgan fingerprint density at radius 2 is 2.11 bits per heavy atom. The Morgan fingerprint density at radius 3 is 2.78 bits per heavy atom. The van der Waals surface area contributed by atoms with Gasteiger partial charge in [0.05, 0.1) is 0 Å². The molecule has 1 fully saturated rings. The molecule has 1 aromatic rings. The minimum atomic E-state index is -0.783. The van der Waals surface area contributed by atoms with E-state index in [9.17, 15) is 19.2 Å². The van der Waals surface area contributed by atoms with Crippen LogP contribution in [-0.4, -0.2) is 28.7 Å². The number of aromatic amines is 1. The number of aromatic nitrogens is 1. The molecule has 7 heteroatoms. The Kier molecular flexibility index (Phi) is 3.22. The van der Waals surface area contributed by atoms with Crippen LogP contribution in [0.4, 0.5) is 0 Å². The van der Waals surface area contributed by atoms with Crippen molar-refractivity contribution in [1.82, 2.24) is 15.6 Å². The van der Waals surface area contributed by atoms with Crippen molar-refractivity contribution in [2.75, 3.05) is 0 Å². The summed E-state index contributed by atoms with van der Waals surface area (Å²) >= 11 is 0. The summed E-state index contributed by atoms with van der Waals surface area (Å²) in [7, 11) is 0. The first-order chi connectivity index (χ1) is 8.58. The van der Waals surface area contributed by atoms with Crippen LogP contribution in [0, 0.1) is 0 Å². The topological polar surface area (TPSA) is 108 Å². The maximum absolute atomic E-state index is 11.8. The van der Waals surface area contributed by atoms with E-state index >= 15 is 0 Å². The lowest BCUT2D eigenvalue weighted by atomic mass is 10.1. The van der Waals surface area contributed by atoms with Gasteiger partial charge in [-0.3, -0.25) is 24.5 Å². The molecule has 1 saturated heterocycles. The molecule has 1 atom stereocenters. The highest BCUT2D eigenvalue weighted by atomic mass is 16.2. The number of carbonyl (C=O) groups excluding carboxylic acids is 3. The Hall–Kier alpha value is -2.44. The molecular formula is C11H11N3O4. The molecule has 3 amide bonds. The number of hydrogen-bond donors (Lipinski definition) is 3. The largest absolute Gasteiger partial charge is 0.367 e. The van der Waals surface area contributed by atoms with Gasteiger partial charge in [0.25, 0.3) is 5.91 Å². The molecule has 7 nitrogen and oxygen atoms in total. The second-order valence-corrected chi connectivity index (χ2v) is 3.90. The molecule has 3 N–H and O–H groups in total. The number of amides is 3. The number of piperidine rings is 1. The first-order valence-corrected chi connectivity index (χ1v) is 5.39. The third-order valence-electron chi connectivity index (χ3n) is 2.61. The zero-order chi connectivity index (χ0) is 13.1. The van der Waals surface area contributed by atoms with Crippen LogP contribution < -0.4 is 16.1 Å². The molecule has 1 aliphatic rings. The Bertz CT molecular complexity index is 563. The van der Waals surface area contributed by atoms with Crippen LogP contribution in [0.15, 0.2) is 23.3 Å². The molecule has 18 heavy (non-hydrogen) atoms. The predicted molar refractivity (Wildman–Crippen MR) is 60.7 cm³/mol. The number of H-pyrrole nitrogens is 1. The average molecular weight is 249 g/mol. The number of nitrogens with one attached hydrogen (secondary N) is 3. The summed E-state index contributed by atoms with van der Waals surface area (Å²) in [6, 6.07) is 0.439. The van der Waals surface area contributed by atoms with Gasteiger partial charge in [0, 0.05) is 24.9 Å². The predicted octanol–water partition coefficient (Wildman–Crippen LogP) is -1.09. The van der Waals surface area contributed by atoms with E-state index in [1.54, 1.807) is 0 Å². The summed E-state index contributed by atoms with van der Waals surface area (Å²) in [6.45, 7) is 0. The number of carbonyl (C=O) groups is 3. The van der Waals surface area contributed by atoms with E-state index in [0.29, 0.717) is 0 Å². The highest BCUT2D eigenvalue weighted by molar-refractivity contribution is 6.03. The van der Waals surface area contributed by atoms with Crippen molar-refractivity contribution >= 4 is 17.7 Å². The number of pyridine rings is 1. The fourth-order valence-corrected chi connectivity index (χ4v) is 1.66. The van der Waals surface area contributed by atoms with Crippen LogP contribution in [0.3, 0.4) is 0 Å². The van der Waals surface area contributed by atoms with Gasteiger partial charge in [-0.2, -0.15) is 0 Å². The zero-order valence-electron chi connectivity index (χ0n) is 9.36. The molecule has 1 aliphatic heterocycles. The fraction of sp³-hybridized carbons (Fsp3) is 0.273. The maximum atomic E-state index is 11.8. The van der Waals surface area contributed by atoms with Crippen LogP contribution >= 0.6 is 0 Å². The zero-order valence-corrected chi connectivity index (χ0v) is 9.36. The molecule has 0 aromatic carbocycles. The van der Waals surface area contributed by atoms with Crippen molar-refractivity contribution in [3.63, 3.8) is 0 Å². The van der Waals surface area contributed by atoms with E-state index in [2.05, 4.69) is 15.6 Å². The second kappa shape index (κ2) is 4.82. The molecule has 0 spiro atoms. The summed E-state index contributed by atoms with van der Waals surface area (Å²) < 4.78 is 0. The maximum Gasteiger partial charge on any atom is 0.257 e. The highest BCUT2D eigenvalue weighted by Gasteiger charge is 2.28. The van der Waals surface area contributed by atoms with Crippen molar-refractivity contribution in [3.05, 3.63) is 34.2 Å². The van der Waals surface area contributed by atoms with Gasteiger partial charge in [-0.1, -0.05) is 0 Å². The van der Waals surface area contributed by atoms with Crippen molar-refractivity contribution in [2.24, 2.45) is 0 Å². The van der Waals surface area contributed by atoms with Gasteiger partial charge in [-0.25, -0.2) is 0 Å². The van der Waals surface area contributed by atoms with Crippen molar-refractivity contribution in [2.45, 2.75) is 18.9 Å². The van der Waals surface area contributed by atoms with E-state index < -0.39 is 23.3 Å². The molecule has 2 heterocycles. The molecule has 94 valence electrons. The Morgan fingerprint density at radius 1 is 1.33 bits per heavy atom. The molecule has 0 bridgehead atoms. The Balaban J connectivity index is 2.09. The molecule has 2 rings (SSSR count). The third-order valence-corrected chi connectivity index (χ3v) is 2.61. The van der Waals surface area contributed by atoms with Crippen LogP contribution in [0.25, 0.3) is 0 Å². The van der Waals surface area contributed by atoms with Gasteiger partial charge in [0.2, 0.25) is 11.8 Å². The number of hydrogen-bond acceptors (Lipinski definition) is 4. The molecular weight excluding hydrogens is 238 g/mol. The summed E-state index contributed by atoms with van der Waals surface area (Å²) in [5.41, 5.74) is -0.499. The van der Waals surface area contributed by atoms with Gasteiger partial charge < -0.3 is 10.3 Å². The van der Waals surface area contributed by atoms with E-state index in [1.807, 2.05) is 0 Å². The van der Waals surface area contributed by atoms with Gasteiger partial charge >= 0.3 is 0 Å². The summed E-state index contributed by atoms with van der Waals surface area (Å²) in [5.74, 6) is -1.54. The monoisotopic (exact) mass is 249 g/mol. The van der Waals surface area contributed by atoms with E-state index in [0.717, 1.165) is 0 Å². The number of imide groups is 1. The minimum Gasteiger partial charge on any atom is -0.367 e. The summed E-state index contributed by atoms with van der Waals surface area (Å²) in [4.78, 5) is 48.1. The van der Waals surface area contributed by atoms with Crippen LogP contribution in [0.2, 0.25) is 0 Å². The van der Waals surface area contributed by atoms with Crippen molar-refractivity contribution in [1.29, 1.82) is 0 Å². The minimum absolute atomic E-state index is 0.0674. The van der Waals surface area contributed by atoms with Crippen molar-refractivity contribution in [3.8, 4) is 0 Å². The van der Waals surface area contributed by atoms with Gasteiger partial charge in [0.1, 0.15) is 11.6 Å². The SMILES string of the molecule is O=C1CCC(NC(=O)c2c[nH]ccc2=O)C(=O)N1. The normalized spacial score (nSPS) is 19.2. The molecule has 1 aromatic heterocycles. The lowest BCUT2D eigenvalue weighted by molar-refractivity contribution is -0.134. The van der Waals surface area contributed by atoms with Crippen molar-refractivity contribution < 1.29 is 14.4 Å². The van der Waals surface area contributed by atoms with Gasteiger partial charge in [-0.05, 0) is 6.42 Å².